The Morgan fingerprint density at radius 2 is 2.03 bits per heavy atom. The van der Waals surface area contributed by atoms with Crippen molar-refractivity contribution in [3.8, 4) is 0 Å². The molecule has 8 nitrogen and oxygen atoms in total. The quantitative estimate of drug-likeness (QED) is 0.254. The normalized spacial score (nSPS) is 11.5. The number of pyridine rings is 1. The van der Waals surface area contributed by atoms with Crippen LogP contribution in [0.5, 0.6) is 0 Å². The number of hydrazone groups is 1. The van der Waals surface area contributed by atoms with Gasteiger partial charge in [0.05, 0.1) is 17.6 Å². The first kappa shape index (κ1) is 23.5. The lowest BCUT2D eigenvalue weighted by atomic mass is 10.0. The maximum absolute atomic E-state index is 12.8. The van der Waals surface area contributed by atoms with Crippen molar-refractivity contribution >= 4 is 45.2 Å². The molecule has 3 aromatic heterocycles. The summed E-state index contributed by atoms with van der Waals surface area (Å²) in [5, 5.41) is 8.32. The van der Waals surface area contributed by atoms with Crippen LogP contribution in [0.2, 0.25) is 0 Å². The number of thiophene rings is 1. The van der Waals surface area contributed by atoms with Gasteiger partial charge < -0.3 is 20.5 Å². The lowest BCUT2D eigenvalue weighted by Gasteiger charge is -2.14. The SMILES string of the molecule is CN(C)CCNc1nc2sc(C(=O)N/N=C/c3cccn3C)c(N)c2cc1Cc1ccccc1. The van der Waals surface area contributed by atoms with Gasteiger partial charge in [-0.3, -0.25) is 4.79 Å². The highest BCUT2D eigenvalue weighted by Crippen LogP contribution is 2.35. The van der Waals surface area contributed by atoms with E-state index < -0.39 is 0 Å². The van der Waals surface area contributed by atoms with Crippen LogP contribution in [0.25, 0.3) is 10.2 Å². The van der Waals surface area contributed by atoms with Crippen molar-refractivity contribution in [3.05, 3.63) is 76.4 Å². The van der Waals surface area contributed by atoms with Crippen LogP contribution in [0, 0.1) is 0 Å². The number of nitrogens with two attached hydrogens (primary N) is 1. The number of aromatic nitrogens is 2. The number of nitrogen functional groups attached to an aromatic ring is 1. The zero-order chi connectivity index (χ0) is 24.1. The van der Waals surface area contributed by atoms with Gasteiger partial charge in [0.15, 0.2) is 0 Å². The molecule has 0 unspecified atom stereocenters. The smallest absolute Gasteiger partial charge is 0.283 e. The molecule has 0 radical (unpaired) electrons. The lowest BCUT2D eigenvalue weighted by molar-refractivity contribution is 0.0960. The van der Waals surface area contributed by atoms with Gasteiger partial charge in [-0.2, -0.15) is 5.10 Å². The van der Waals surface area contributed by atoms with Gasteiger partial charge >= 0.3 is 0 Å². The Balaban J connectivity index is 1.62. The molecular weight excluding hydrogens is 446 g/mol. The van der Waals surface area contributed by atoms with Gasteiger partial charge in [-0.25, -0.2) is 10.4 Å². The van der Waals surface area contributed by atoms with E-state index in [2.05, 4.69) is 32.9 Å². The van der Waals surface area contributed by atoms with Crippen molar-refractivity contribution < 1.29 is 4.79 Å². The number of fused-ring (bicyclic) bond motifs is 1. The number of carbonyl (C=O) groups is 1. The van der Waals surface area contributed by atoms with Crippen LogP contribution in [0.1, 0.15) is 26.5 Å². The number of carbonyl (C=O) groups excluding carboxylic acids is 1. The minimum atomic E-state index is -0.349. The number of nitrogens with one attached hydrogen (secondary N) is 2. The molecule has 0 aliphatic carbocycles. The summed E-state index contributed by atoms with van der Waals surface area (Å²) in [6, 6.07) is 16.1. The summed E-state index contributed by atoms with van der Waals surface area (Å²) in [4.78, 5) is 20.9. The molecule has 4 aromatic rings. The van der Waals surface area contributed by atoms with Crippen molar-refractivity contribution in [2.24, 2.45) is 12.1 Å². The Kier molecular flexibility index (Phi) is 7.24. The number of hydrogen-bond donors (Lipinski definition) is 3. The third kappa shape index (κ3) is 5.44. The third-order valence-electron chi connectivity index (χ3n) is 5.44. The molecule has 0 aliphatic rings. The van der Waals surface area contributed by atoms with E-state index in [0.29, 0.717) is 17.0 Å². The first-order valence-corrected chi connectivity index (χ1v) is 11.8. The van der Waals surface area contributed by atoms with Gasteiger partial charge in [0.2, 0.25) is 0 Å². The molecule has 1 amide bonds. The van der Waals surface area contributed by atoms with Gasteiger partial charge in [-0.05, 0) is 43.4 Å². The summed E-state index contributed by atoms with van der Waals surface area (Å²) < 4.78 is 1.91. The van der Waals surface area contributed by atoms with Crippen LogP contribution in [0.15, 0.2) is 59.8 Å². The molecule has 0 spiro atoms. The van der Waals surface area contributed by atoms with E-state index in [4.69, 9.17) is 10.7 Å². The molecule has 34 heavy (non-hydrogen) atoms. The predicted molar refractivity (Wildman–Crippen MR) is 141 cm³/mol. The third-order valence-corrected chi connectivity index (χ3v) is 6.56. The summed E-state index contributed by atoms with van der Waals surface area (Å²) in [5.74, 6) is 0.464. The van der Waals surface area contributed by atoms with Crippen molar-refractivity contribution in [2.75, 3.05) is 38.2 Å². The highest BCUT2D eigenvalue weighted by molar-refractivity contribution is 7.21. The van der Waals surface area contributed by atoms with E-state index in [9.17, 15) is 4.79 Å². The fraction of sp³-hybridized carbons (Fsp3) is 0.240. The number of likely N-dealkylation sites (N-methyl/N-ethyl adjacent to an activating group) is 1. The molecule has 0 saturated heterocycles. The van der Waals surface area contributed by atoms with Gasteiger partial charge in [-0.1, -0.05) is 30.3 Å². The largest absolute Gasteiger partial charge is 0.397 e. The molecule has 4 rings (SSSR count). The lowest BCUT2D eigenvalue weighted by Crippen LogP contribution is -2.21. The maximum Gasteiger partial charge on any atom is 0.283 e. The predicted octanol–water partition coefficient (Wildman–Crippen LogP) is 3.55. The van der Waals surface area contributed by atoms with E-state index in [0.717, 1.165) is 40.4 Å². The minimum Gasteiger partial charge on any atom is -0.397 e. The van der Waals surface area contributed by atoms with E-state index in [1.807, 2.05) is 68.3 Å². The molecule has 0 fully saturated rings. The molecule has 176 valence electrons. The van der Waals surface area contributed by atoms with Crippen LogP contribution in [-0.4, -0.2) is 53.8 Å². The highest BCUT2D eigenvalue weighted by Gasteiger charge is 2.19. The molecule has 4 N–H and O–H groups in total. The zero-order valence-corrected chi connectivity index (χ0v) is 20.4. The second kappa shape index (κ2) is 10.5. The van der Waals surface area contributed by atoms with Gasteiger partial charge in [-0.15, -0.1) is 11.3 Å². The van der Waals surface area contributed by atoms with Crippen LogP contribution >= 0.6 is 11.3 Å². The molecule has 1 aromatic carbocycles. The van der Waals surface area contributed by atoms with E-state index >= 15 is 0 Å². The summed E-state index contributed by atoms with van der Waals surface area (Å²) in [7, 11) is 5.98. The highest BCUT2D eigenvalue weighted by atomic mass is 32.1. The van der Waals surface area contributed by atoms with Gasteiger partial charge in [0.1, 0.15) is 15.5 Å². The fourth-order valence-electron chi connectivity index (χ4n) is 3.57. The van der Waals surface area contributed by atoms with Crippen LogP contribution in [0.3, 0.4) is 0 Å². The molecule has 3 heterocycles. The first-order chi connectivity index (χ1) is 16.4. The van der Waals surface area contributed by atoms with Crippen molar-refractivity contribution in [2.45, 2.75) is 6.42 Å². The number of hydrogen-bond acceptors (Lipinski definition) is 7. The average Bonchev–Trinajstić information content (AvgIpc) is 3.37. The summed E-state index contributed by atoms with van der Waals surface area (Å²) >= 11 is 1.27. The Morgan fingerprint density at radius 3 is 2.74 bits per heavy atom. The van der Waals surface area contributed by atoms with Crippen LogP contribution in [-0.2, 0) is 13.5 Å². The van der Waals surface area contributed by atoms with Crippen molar-refractivity contribution in [1.29, 1.82) is 0 Å². The Hall–Kier alpha value is -3.69. The zero-order valence-electron chi connectivity index (χ0n) is 19.6. The van der Waals surface area contributed by atoms with Crippen molar-refractivity contribution in [1.82, 2.24) is 19.9 Å². The number of rotatable bonds is 9. The fourth-order valence-corrected chi connectivity index (χ4v) is 4.54. The number of anilines is 2. The van der Waals surface area contributed by atoms with E-state index in [1.165, 1.54) is 16.9 Å². The number of benzene rings is 1. The molecule has 0 atom stereocenters. The summed E-state index contributed by atoms with van der Waals surface area (Å²) in [6.45, 7) is 1.64. The Morgan fingerprint density at radius 1 is 1.24 bits per heavy atom. The van der Waals surface area contributed by atoms with Crippen molar-refractivity contribution in [3.63, 3.8) is 0 Å². The van der Waals surface area contributed by atoms with E-state index in [1.54, 1.807) is 6.21 Å². The number of nitrogens with zero attached hydrogens (tertiary/aromatic N) is 4. The standard InChI is InChI=1S/C25H29N7OS/c1-31(2)13-11-27-23-18(14-17-8-5-4-6-9-17)15-20-21(26)22(34-25(20)29-23)24(33)30-28-16-19-10-7-12-32(19)3/h4-10,12,15-16H,11,13-14,26H2,1-3H3,(H,27,29)(H,30,33)/b28-16+. The molecule has 0 bridgehead atoms. The van der Waals surface area contributed by atoms with Crippen LogP contribution < -0.4 is 16.5 Å². The maximum atomic E-state index is 12.8. The average molecular weight is 476 g/mol. The topological polar surface area (TPSA) is 101 Å². The molecule has 0 aliphatic heterocycles. The van der Waals surface area contributed by atoms with Gasteiger partial charge in [0.25, 0.3) is 5.91 Å². The monoisotopic (exact) mass is 475 g/mol. The first-order valence-electron chi connectivity index (χ1n) is 11.0. The van der Waals surface area contributed by atoms with Gasteiger partial charge in [0, 0.05) is 38.1 Å². The Labute approximate surface area is 203 Å². The second-order valence-electron chi connectivity index (χ2n) is 8.33. The molecular formula is C25H29N7OS. The molecule has 0 saturated carbocycles. The minimum absolute atomic E-state index is 0.349. The summed E-state index contributed by atoms with van der Waals surface area (Å²) in [6.07, 6.45) is 4.23. The number of amides is 1. The van der Waals surface area contributed by atoms with E-state index in [-0.39, 0.29) is 5.91 Å². The number of aryl methyl sites for hydroxylation is 1. The molecule has 9 heteroatoms. The van der Waals surface area contributed by atoms with Crippen LogP contribution in [0.4, 0.5) is 11.5 Å². The summed E-state index contributed by atoms with van der Waals surface area (Å²) in [5.41, 5.74) is 12.5. The second-order valence-corrected chi connectivity index (χ2v) is 9.33. The Bertz CT molecular complexity index is 1310.